The summed E-state index contributed by atoms with van der Waals surface area (Å²) in [7, 11) is -6.17. The van der Waals surface area contributed by atoms with Crippen molar-refractivity contribution in [3.05, 3.63) is 24.3 Å². The van der Waals surface area contributed by atoms with Crippen LogP contribution in [0.5, 0.6) is 0 Å². The molecule has 0 atom stereocenters. The summed E-state index contributed by atoms with van der Waals surface area (Å²) < 4.78 is 23.4. The van der Waals surface area contributed by atoms with Crippen molar-refractivity contribution in [1.82, 2.24) is 0 Å². The monoisotopic (exact) mass is 460 g/mol. The summed E-state index contributed by atoms with van der Waals surface area (Å²) in [4.78, 5) is 22.9. The largest absolute Gasteiger partial charge is 0.462 e. The molecule has 0 aliphatic heterocycles. The van der Waals surface area contributed by atoms with Crippen molar-refractivity contribution in [1.29, 1.82) is 0 Å². The Morgan fingerprint density at radius 2 is 1.00 bits per heavy atom. The molecule has 0 aromatic rings. The number of carbonyl (C=O) groups excluding carboxylic acids is 2. The summed E-state index contributed by atoms with van der Waals surface area (Å²) in [5.74, 6) is -0.685. The van der Waals surface area contributed by atoms with Gasteiger partial charge in [-0.1, -0.05) is 13.2 Å². The highest BCUT2D eigenvalue weighted by Crippen LogP contribution is 2.26. The fourth-order valence-corrected chi connectivity index (χ4v) is 17.0. The Bertz CT molecular complexity index is 549. The Kier molecular flexibility index (Phi) is 11.6. The van der Waals surface area contributed by atoms with E-state index >= 15 is 0 Å². The van der Waals surface area contributed by atoms with Gasteiger partial charge in [-0.3, -0.25) is 0 Å². The van der Waals surface area contributed by atoms with Crippen LogP contribution in [0.2, 0.25) is 51.4 Å². The van der Waals surface area contributed by atoms with Crippen molar-refractivity contribution in [2.24, 2.45) is 0 Å². The minimum Gasteiger partial charge on any atom is -0.462 e. The molecule has 0 aliphatic carbocycles. The molecule has 0 amide bonds. The lowest BCUT2D eigenvalue weighted by molar-refractivity contribution is -0.139. The van der Waals surface area contributed by atoms with Gasteiger partial charge < -0.3 is 17.7 Å². The molecule has 0 rings (SSSR count). The quantitative estimate of drug-likeness (QED) is 0.154. The van der Waals surface area contributed by atoms with Crippen molar-refractivity contribution < 1.29 is 27.3 Å². The van der Waals surface area contributed by atoms with Crippen molar-refractivity contribution >= 4 is 37.1 Å². The Labute approximate surface area is 180 Å². The second-order valence-electron chi connectivity index (χ2n) is 9.16. The average molecular weight is 461 g/mol. The van der Waals surface area contributed by atoms with Crippen molar-refractivity contribution in [2.45, 2.75) is 78.1 Å². The molecule has 0 fully saturated rings. The van der Waals surface area contributed by atoms with Crippen LogP contribution in [-0.4, -0.2) is 50.3 Å². The van der Waals surface area contributed by atoms with Crippen molar-refractivity contribution in [3.8, 4) is 0 Å². The first-order valence-electron chi connectivity index (χ1n) is 10.1. The fourth-order valence-electron chi connectivity index (χ4n) is 3.03. The van der Waals surface area contributed by atoms with Crippen LogP contribution < -0.4 is 0 Å². The van der Waals surface area contributed by atoms with Gasteiger partial charge in [-0.25, -0.2) is 9.59 Å². The standard InChI is InChI=1S/C20H40O6Si3/c1-17(2)19(21)23-13-11-15-27(5,6)25-29(9,10)26-28(7,8)16-12-14-24-20(22)18(3)4/h1,3,11-16H2,2,4-10H3. The first-order chi connectivity index (χ1) is 13.1. The van der Waals surface area contributed by atoms with Gasteiger partial charge >= 0.3 is 20.5 Å². The minimum absolute atomic E-state index is 0.342. The molecule has 0 saturated carbocycles. The van der Waals surface area contributed by atoms with Crippen LogP contribution in [0.3, 0.4) is 0 Å². The number of carbonyl (C=O) groups is 2. The van der Waals surface area contributed by atoms with Gasteiger partial charge in [0.2, 0.25) is 0 Å². The van der Waals surface area contributed by atoms with E-state index in [2.05, 4.69) is 52.4 Å². The smallest absolute Gasteiger partial charge is 0.333 e. The van der Waals surface area contributed by atoms with Gasteiger partial charge in [0.1, 0.15) is 0 Å². The summed E-state index contributed by atoms with van der Waals surface area (Å²) in [6.45, 7) is 24.1. The molecule has 9 heteroatoms. The molecule has 29 heavy (non-hydrogen) atoms. The summed E-state index contributed by atoms with van der Waals surface area (Å²) in [5, 5.41) is 0. The maximum absolute atomic E-state index is 11.4. The predicted molar refractivity (Wildman–Crippen MR) is 125 cm³/mol. The molecule has 0 N–H and O–H groups in total. The van der Waals surface area contributed by atoms with Gasteiger partial charge in [-0.2, -0.15) is 0 Å². The fraction of sp³-hybridized carbons (Fsp3) is 0.700. The summed E-state index contributed by atoms with van der Waals surface area (Å²) in [6, 6.07) is 1.80. The lowest BCUT2D eigenvalue weighted by Crippen LogP contribution is -2.52. The van der Waals surface area contributed by atoms with Crippen LogP contribution in [0.1, 0.15) is 26.7 Å². The topological polar surface area (TPSA) is 71.1 Å². The summed E-state index contributed by atoms with van der Waals surface area (Å²) in [6.07, 6.45) is 1.55. The molecule has 0 radical (unpaired) electrons. The SMILES string of the molecule is C=C(C)C(=O)OCCC[Si](C)(C)O[Si](C)(C)O[Si](C)(C)CCCOC(=O)C(=C)C. The molecule has 0 heterocycles. The van der Waals surface area contributed by atoms with E-state index in [0.717, 1.165) is 24.9 Å². The second kappa shape index (κ2) is 12.0. The molecule has 0 bridgehead atoms. The molecule has 0 aromatic carbocycles. The van der Waals surface area contributed by atoms with Crippen LogP contribution in [0.15, 0.2) is 24.3 Å². The molecular weight excluding hydrogens is 420 g/mol. The highest BCUT2D eigenvalue weighted by atomic mass is 28.5. The van der Waals surface area contributed by atoms with Crippen LogP contribution in [-0.2, 0) is 27.3 Å². The number of rotatable bonds is 14. The molecule has 0 saturated heterocycles. The van der Waals surface area contributed by atoms with E-state index in [1.807, 2.05) is 0 Å². The summed E-state index contributed by atoms with van der Waals surface area (Å²) >= 11 is 0. The van der Waals surface area contributed by atoms with E-state index in [1.165, 1.54) is 0 Å². The number of ether oxygens (including phenoxy) is 2. The van der Waals surface area contributed by atoms with Crippen LogP contribution in [0.25, 0.3) is 0 Å². The molecule has 0 aliphatic rings. The minimum atomic E-state index is -2.29. The molecular formula is C20H40O6Si3. The summed E-state index contributed by atoms with van der Waals surface area (Å²) in [5.41, 5.74) is 0.836. The lowest BCUT2D eigenvalue weighted by atomic mass is 10.4. The van der Waals surface area contributed by atoms with E-state index in [0.29, 0.717) is 24.4 Å². The van der Waals surface area contributed by atoms with Gasteiger partial charge in [-0.05, 0) is 78.1 Å². The Balaban J connectivity index is 4.43. The Hall–Kier alpha value is -1.01. The third-order valence-electron chi connectivity index (χ3n) is 4.05. The van der Waals surface area contributed by atoms with Crippen LogP contribution in [0.4, 0.5) is 0 Å². The van der Waals surface area contributed by atoms with Crippen LogP contribution >= 0.6 is 0 Å². The maximum atomic E-state index is 11.4. The van der Waals surface area contributed by atoms with Gasteiger partial charge in [0.05, 0.1) is 13.2 Å². The molecule has 168 valence electrons. The highest BCUT2D eigenvalue weighted by molar-refractivity contribution is 6.87. The average Bonchev–Trinajstić information content (AvgIpc) is 2.52. The van der Waals surface area contributed by atoms with Gasteiger partial charge in [0.15, 0.2) is 16.6 Å². The zero-order chi connectivity index (χ0) is 22.9. The maximum Gasteiger partial charge on any atom is 0.333 e. The Morgan fingerprint density at radius 1 is 0.690 bits per heavy atom. The molecule has 0 unspecified atom stereocenters. The van der Waals surface area contributed by atoms with Gasteiger partial charge in [-0.15, -0.1) is 0 Å². The first-order valence-corrected chi connectivity index (χ1v) is 19.2. The molecule has 6 nitrogen and oxygen atoms in total. The van der Waals surface area contributed by atoms with E-state index in [-0.39, 0.29) is 11.9 Å². The normalized spacial score (nSPS) is 12.4. The second-order valence-corrected chi connectivity index (χ2v) is 21.6. The third-order valence-corrected chi connectivity index (χ3v) is 15.5. The predicted octanol–water partition coefficient (Wildman–Crippen LogP) is 5.15. The molecule has 0 spiro atoms. The van der Waals surface area contributed by atoms with E-state index in [4.69, 9.17) is 17.7 Å². The van der Waals surface area contributed by atoms with Crippen molar-refractivity contribution in [2.75, 3.05) is 13.2 Å². The van der Waals surface area contributed by atoms with E-state index in [1.54, 1.807) is 13.8 Å². The third kappa shape index (κ3) is 13.8. The van der Waals surface area contributed by atoms with Crippen molar-refractivity contribution in [3.63, 3.8) is 0 Å². The van der Waals surface area contributed by atoms with Gasteiger partial charge in [0.25, 0.3) is 0 Å². The first kappa shape index (κ1) is 28.0. The molecule has 0 aromatic heterocycles. The van der Waals surface area contributed by atoms with Gasteiger partial charge in [0, 0.05) is 11.1 Å². The number of hydrogen-bond donors (Lipinski definition) is 0. The van der Waals surface area contributed by atoms with E-state index in [9.17, 15) is 9.59 Å². The zero-order valence-corrected chi connectivity index (χ0v) is 22.6. The van der Waals surface area contributed by atoms with E-state index < -0.39 is 25.2 Å². The Morgan fingerprint density at radius 3 is 1.28 bits per heavy atom. The highest BCUT2D eigenvalue weighted by Gasteiger charge is 2.39. The number of hydrogen-bond acceptors (Lipinski definition) is 6. The lowest BCUT2D eigenvalue weighted by Gasteiger charge is -2.38. The van der Waals surface area contributed by atoms with Crippen LogP contribution in [0, 0.1) is 0 Å². The number of esters is 2. The zero-order valence-electron chi connectivity index (χ0n) is 19.6.